The molecule has 0 aliphatic rings. The molecule has 1 rings (SSSR count). The minimum absolute atomic E-state index is 0.00820. The van der Waals surface area contributed by atoms with Crippen molar-refractivity contribution in [1.29, 1.82) is 0 Å². The second kappa shape index (κ2) is 6.14. The van der Waals surface area contributed by atoms with E-state index in [0.717, 1.165) is 6.07 Å². The van der Waals surface area contributed by atoms with E-state index in [-0.39, 0.29) is 12.1 Å². The van der Waals surface area contributed by atoms with E-state index in [9.17, 15) is 13.6 Å². The first-order valence-corrected chi connectivity index (χ1v) is 5.56. The van der Waals surface area contributed by atoms with Crippen LogP contribution in [-0.2, 0) is 4.74 Å². The number of rotatable bonds is 1. The fourth-order valence-corrected chi connectivity index (χ4v) is 1.08. The SMILES string of the molecule is CC(C)(C)OC(=O)NCC#Cc1ccc(F)nc1F. The number of halogens is 2. The second-order valence-electron chi connectivity index (χ2n) is 4.63. The molecule has 1 heterocycles. The van der Waals surface area contributed by atoms with Crippen molar-refractivity contribution in [2.75, 3.05) is 6.54 Å². The lowest BCUT2D eigenvalue weighted by atomic mass is 10.2. The zero-order chi connectivity index (χ0) is 14.5. The van der Waals surface area contributed by atoms with Crippen LogP contribution < -0.4 is 5.32 Å². The van der Waals surface area contributed by atoms with E-state index >= 15 is 0 Å². The van der Waals surface area contributed by atoms with Gasteiger partial charge in [0, 0.05) is 0 Å². The van der Waals surface area contributed by atoms with E-state index in [0.29, 0.717) is 0 Å². The van der Waals surface area contributed by atoms with E-state index in [1.165, 1.54) is 6.07 Å². The summed E-state index contributed by atoms with van der Waals surface area (Å²) in [6, 6.07) is 2.19. The first kappa shape index (κ1) is 14.9. The number of pyridine rings is 1. The fourth-order valence-electron chi connectivity index (χ4n) is 1.08. The third kappa shape index (κ3) is 5.82. The standard InChI is InChI=1S/C13H14F2N2O2/c1-13(2,3)19-12(18)16-8-4-5-9-6-7-10(14)17-11(9)15/h6-7H,8H2,1-3H3,(H,16,18). The molecule has 0 aliphatic heterocycles. The zero-order valence-electron chi connectivity index (χ0n) is 10.9. The van der Waals surface area contributed by atoms with E-state index in [4.69, 9.17) is 4.74 Å². The van der Waals surface area contributed by atoms with Gasteiger partial charge < -0.3 is 10.1 Å². The number of carbonyl (C=O) groups excluding carboxylic acids is 1. The molecule has 0 unspecified atom stereocenters. The Morgan fingerprint density at radius 2 is 2.11 bits per heavy atom. The van der Waals surface area contributed by atoms with Gasteiger partial charge in [-0.05, 0) is 32.9 Å². The van der Waals surface area contributed by atoms with Gasteiger partial charge in [-0.3, -0.25) is 0 Å². The fraction of sp³-hybridized carbons (Fsp3) is 0.385. The maximum Gasteiger partial charge on any atom is 0.408 e. The summed E-state index contributed by atoms with van der Waals surface area (Å²) in [7, 11) is 0. The van der Waals surface area contributed by atoms with E-state index in [1.54, 1.807) is 20.8 Å². The number of aromatic nitrogens is 1. The Morgan fingerprint density at radius 1 is 1.42 bits per heavy atom. The molecule has 0 spiro atoms. The molecule has 0 bridgehead atoms. The molecular formula is C13H14F2N2O2. The predicted octanol–water partition coefficient (Wildman–Crippen LogP) is 2.24. The van der Waals surface area contributed by atoms with Gasteiger partial charge in [0.1, 0.15) is 5.60 Å². The average molecular weight is 268 g/mol. The van der Waals surface area contributed by atoms with Crippen molar-refractivity contribution in [1.82, 2.24) is 10.3 Å². The molecule has 0 saturated heterocycles. The van der Waals surface area contributed by atoms with Gasteiger partial charge in [0.25, 0.3) is 0 Å². The molecule has 0 saturated carbocycles. The van der Waals surface area contributed by atoms with Crippen LogP contribution in [0.5, 0.6) is 0 Å². The van der Waals surface area contributed by atoms with Crippen molar-refractivity contribution in [3.05, 3.63) is 29.6 Å². The lowest BCUT2D eigenvalue weighted by molar-refractivity contribution is 0.0535. The molecule has 1 aromatic rings. The normalized spacial score (nSPS) is 10.4. The van der Waals surface area contributed by atoms with Gasteiger partial charge in [0.2, 0.25) is 11.9 Å². The largest absolute Gasteiger partial charge is 0.444 e. The molecule has 1 aromatic heterocycles. The molecule has 4 nitrogen and oxygen atoms in total. The Labute approximate surface area is 110 Å². The number of ether oxygens (including phenoxy) is 1. The van der Waals surface area contributed by atoms with Gasteiger partial charge >= 0.3 is 6.09 Å². The summed E-state index contributed by atoms with van der Waals surface area (Å²) < 4.78 is 30.6. The number of hydrogen-bond donors (Lipinski definition) is 1. The zero-order valence-corrected chi connectivity index (χ0v) is 10.9. The molecule has 1 N–H and O–H groups in total. The molecular weight excluding hydrogens is 254 g/mol. The maximum atomic E-state index is 13.1. The topological polar surface area (TPSA) is 51.2 Å². The van der Waals surface area contributed by atoms with Crippen molar-refractivity contribution in [3.8, 4) is 11.8 Å². The molecule has 0 aliphatic carbocycles. The number of hydrogen-bond acceptors (Lipinski definition) is 3. The van der Waals surface area contributed by atoms with Crippen molar-refractivity contribution in [3.63, 3.8) is 0 Å². The molecule has 0 atom stereocenters. The van der Waals surface area contributed by atoms with Crippen molar-refractivity contribution in [2.45, 2.75) is 26.4 Å². The summed E-state index contributed by atoms with van der Waals surface area (Å²) in [5, 5.41) is 2.39. The van der Waals surface area contributed by atoms with Gasteiger partial charge in [0.15, 0.2) is 0 Å². The third-order valence-electron chi connectivity index (χ3n) is 1.76. The Kier molecular flexibility index (Phi) is 4.81. The van der Waals surface area contributed by atoms with Crippen LogP contribution in [-0.4, -0.2) is 23.2 Å². The Bertz CT molecular complexity index is 528. The smallest absolute Gasteiger partial charge is 0.408 e. The Morgan fingerprint density at radius 3 is 2.68 bits per heavy atom. The van der Waals surface area contributed by atoms with Crippen LogP contribution in [0.1, 0.15) is 26.3 Å². The minimum Gasteiger partial charge on any atom is -0.444 e. The van der Waals surface area contributed by atoms with Crippen molar-refractivity contribution >= 4 is 6.09 Å². The Hall–Kier alpha value is -2.16. The molecule has 0 radical (unpaired) electrons. The Balaban J connectivity index is 2.50. The molecule has 1 amide bonds. The van der Waals surface area contributed by atoms with E-state index in [1.807, 2.05) is 0 Å². The average Bonchev–Trinajstić information content (AvgIpc) is 2.24. The first-order chi connectivity index (χ1) is 8.78. The first-order valence-electron chi connectivity index (χ1n) is 5.56. The van der Waals surface area contributed by atoms with Crippen LogP contribution in [0, 0.1) is 23.7 Å². The summed E-state index contributed by atoms with van der Waals surface area (Å²) in [4.78, 5) is 14.2. The number of nitrogens with one attached hydrogen (secondary N) is 1. The second-order valence-corrected chi connectivity index (χ2v) is 4.63. The highest BCUT2D eigenvalue weighted by Crippen LogP contribution is 2.06. The van der Waals surface area contributed by atoms with Crippen molar-refractivity contribution in [2.24, 2.45) is 0 Å². The number of amides is 1. The summed E-state index contributed by atoms with van der Waals surface area (Å²) >= 11 is 0. The summed E-state index contributed by atoms with van der Waals surface area (Å²) in [5.74, 6) is 3.06. The molecule has 0 fully saturated rings. The lowest BCUT2D eigenvalue weighted by Crippen LogP contribution is -2.32. The van der Waals surface area contributed by atoms with Gasteiger partial charge in [-0.1, -0.05) is 11.8 Å². The van der Waals surface area contributed by atoms with Crippen LogP contribution in [0.2, 0.25) is 0 Å². The quantitative estimate of drug-likeness (QED) is 0.627. The minimum atomic E-state index is -0.982. The lowest BCUT2D eigenvalue weighted by Gasteiger charge is -2.18. The van der Waals surface area contributed by atoms with Crippen LogP contribution in [0.15, 0.2) is 12.1 Å². The van der Waals surface area contributed by atoms with Gasteiger partial charge in [-0.15, -0.1) is 0 Å². The van der Waals surface area contributed by atoms with Crippen LogP contribution in [0.3, 0.4) is 0 Å². The van der Waals surface area contributed by atoms with Gasteiger partial charge in [-0.2, -0.15) is 13.8 Å². The van der Waals surface area contributed by atoms with Crippen LogP contribution in [0.25, 0.3) is 0 Å². The monoisotopic (exact) mass is 268 g/mol. The van der Waals surface area contributed by atoms with Crippen LogP contribution >= 0.6 is 0 Å². The molecule has 102 valence electrons. The molecule has 19 heavy (non-hydrogen) atoms. The van der Waals surface area contributed by atoms with E-state index in [2.05, 4.69) is 22.1 Å². The van der Waals surface area contributed by atoms with Gasteiger partial charge in [-0.25, -0.2) is 4.79 Å². The highest BCUT2D eigenvalue weighted by molar-refractivity contribution is 5.68. The summed E-state index contributed by atoms with van der Waals surface area (Å²) in [6.45, 7) is 5.19. The predicted molar refractivity (Wildman–Crippen MR) is 65.3 cm³/mol. The highest BCUT2D eigenvalue weighted by atomic mass is 19.1. The van der Waals surface area contributed by atoms with Crippen LogP contribution in [0.4, 0.5) is 13.6 Å². The van der Waals surface area contributed by atoms with Crippen molar-refractivity contribution < 1.29 is 18.3 Å². The number of carbonyl (C=O) groups is 1. The van der Waals surface area contributed by atoms with E-state index < -0.39 is 23.6 Å². The summed E-state index contributed by atoms with van der Waals surface area (Å²) in [6.07, 6.45) is -0.612. The molecule has 6 heteroatoms. The highest BCUT2D eigenvalue weighted by Gasteiger charge is 2.15. The molecule has 0 aromatic carbocycles. The third-order valence-corrected chi connectivity index (χ3v) is 1.76. The number of nitrogens with zero attached hydrogens (tertiary/aromatic N) is 1. The number of alkyl carbamates (subject to hydrolysis) is 1. The maximum absolute atomic E-state index is 13.1. The summed E-state index contributed by atoms with van der Waals surface area (Å²) in [5.41, 5.74) is -0.628. The van der Waals surface area contributed by atoms with Gasteiger partial charge in [0.05, 0.1) is 12.1 Å².